The monoisotopic (exact) mass is 176 g/mol. The average Bonchev–Trinajstić information content (AvgIpc) is 2.13. The Kier molecular flexibility index (Phi) is 2.34. The van der Waals surface area contributed by atoms with Gasteiger partial charge >= 0.3 is 0 Å². The van der Waals surface area contributed by atoms with Gasteiger partial charge in [0.05, 0.1) is 0 Å². The zero-order valence-corrected chi connectivity index (χ0v) is 7.72. The summed E-state index contributed by atoms with van der Waals surface area (Å²) in [6, 6.07) is 2.05. The van der Waals surface area contributed by atoms with Gasteiger partial charge in [-0.3, -0.25) is 0 Å². The maximum Gasteiger partial charge on any atom is 0.158 e. The molecule has 0 bridgehead atoms. The predicted molar refractivity (Wildman–Crippen MR) is 46.0 cm³/mol. The molecule has 0 saturated heterocycles. The molecule has 0 amide bonds. The molecule has 0 aliphatic rings. The third-order valence-electron chi connectivity index (χ3n) is 1.35. The van der Waals surface area contributed by atoms with Crippen LogP contribution in [0.15, 0.2) is 6.07 Å². The van der Waals surface area contributed by atoms with Gasteiger partial charge in [-0.2, -0.15) is 0 Å². The van der Waals surface area contributed by atoms with Crippen LogP contribution in [-0.4, -0.2) is 0 Å². The lowest BCUT2D eigenvalue weighted by atomic mass is 10.2. The van der Waals surface area contributed by atoms with E-state index in [1.807, 2.05) is 0 Å². The molecular formula is C7H11ClNS+. The summed E-state index contributed by atoms with van der Waals surface area (Å²) in [5.41, 5.74) is 4.76. The summed E-state index contributed by atoms with van der Waals surface area (Å²) in [4.78, 5) is 1.31. The van der Waals surface area contributed by atoms with Crippen LogP contribution in [-0.2, 0) is 0 Å². The van der Waals surface area contributed by atoms with Crippen molar-refractivity contribution in [2.24, 2.45) is 0 Å². The first-order chi connectivity index (χ1) is 4.61. The fourth-order valence-electron chi connectivity index (χ4n) is 0.711. The van der Waals surface area contributed by atoms with Crippen molar-refractivity contribution < 1.29 is 5.73 Å². The minimum absolute atomic E-state index is 0.568. The molecule has 0 aliphatic carbocycles. The zero-order chi connectivity index (χ0) is 7.72. The van der Waals surface area contributed by atoms with Crippen molar-refractivity contribution in [2.45, 2.75) is 19.8 Å². The summed E-state index contributed by atoms with van der Waals surface area (Å²) in [5.74, 6) is 0.568. The largest absolute Gasteiger partial charge is 0.323 e. The van der Waals surface area contributed by atoms with Gasteiger partial charge in [0.25, 0.3) is 0 Å². The SMILES string of the molecule is CC(C)c1cc([NH3+])c(Cl)s1. The van der Waals surface area contributed by atoms with Crippen molar-refractivity contribution in [1.82, 2.24) is 0 Å². The zero-order valence-electron chi connectivity index (χ0n) is 6.15. The van der Waals surface area contributed by atoms with E-state index in [1.165, 1.54) is 4.88 Å². The quantitative estimate of drug-likeness (QED) is 0.681. The molecular weight excluding hydrogens is 166 g/mol. The summed E-state index contributed by atoms with van der Waals surface area (Å²) in [6.07, 6.45) is 0. The van der Waals surface area contributed by atoms with E-state index in [-0.39, 0.29) is 0 Å². The Morgan fingerprint density at radius 1 is 1.60 bits per heavy atom. The van der Waals surface area contributed by atoms with E-state index in [0.717, 1.165) is 10.0 Å². The molecule has 1 heterocycles. The minimum Gasteiger partial charge on any atom is -0.323 e. The normalized spacial score (nSPS) is 10.9. The highest BCUT2D eigenvalue weighted by Gasteiger charge is 2.08. The topological polar surface area (TPSA) is 27.6 Å². The van der Waals surface area contributed by atoms with Crippen molar-refractivity contribution in [1.29, 1.82) is 0 Å². The van der Waals surface area contributed by atoms with Crippen LogP contribution >= 0.6 is 22.9 Å². The maximum absolute atomic E-state index is 5.83. The van der Waals surface area contributed by atoms with E-state index in [4.69, 9.17) is 11.6 Å². The standard InChI is InChI=1S/C7H10ClNS/c1-4(2)6-3-5(9)7(8)10-6/h3-4H,9H2,1-2H3/p+1. The van der Waals surface area contributed by atoms with Crippen LogP contribution in [0.2, 0.25) is 4.34 Å². The van der Waals surface area contributed by atoms with E-state index in [1.54, 1.807) is 11.3 Å². The van der Waals surface area contributed by atoms with E-state index in [0.29, 0.717) is 5.92 Å². The van der Waals surface area contributed by atoms with Gasteiger partial charge in [0, 0.05) is 10.9 Å². The summed E-state index contributed by atoms with van der Waals surface area (Å²) in [7, 11) is 0. The third-order valence-corrected chi connectivity index (χ3v) is 3.09. The molecule has 0 aromatic carbocycles. The first-order valence-corrected chi connectivity index (χ1v) is 4.42. The molecule has 0 unspecified atom stereocenters. The molecule has 56 valence electrons. The summed E-state index contributed by atoms with van der Waals surface area (Å²) in [6.45, 7) is 4.31. The third kappa shape index (κ3) is 1.51. The Hall–Kier alpha value is -0.0500. The predicted octanol–water partition coefficient (Wildman–Crippen LogP) is 2.40. The van der Waals surface area contributed by atoms with Gasteiger partial charge in [-0.15, -0.1) is 11.3 Å². The number of quaternary nitrogens is 1. The molecule has 1 aromatic rings. The summed E-state index contributed by atoms with van der Waals surface area (Å²) in [5, 5.41) is 0. The average molecular weight is 177 g/mol. The fraction of sp³-hybridized carbons (Fsp3) is 0.429. The lowest BCUT2D eigenvalue weighted by Gasteiger charge is -1.95. The first-order valence-electron chi connectivity index (χ1n) is 3.22. The Balaban J connectivity index is 2.98. The van der Waals surface area contributed by atoms with E-state index in [2.05, 4.69) is 25.6 Å². The fourth-order valence-corrected chi connectivity index (χ4v) is 1.87. The van der Waals surface area contributed by atoms with Gasteiger partial charge in [-0.05, 0) is 5.92 Å². The summed E-state index contributed by atoms with van der Waals surface area (Å²) < 4.78 is 0.823. The van der Waals surface area contributed by atoms with Crippen molar-refractivity contribution in [2.75, 3.05) is 0 Å². The number of rotatable bonds is 1. The number of thiophene rings is 1. The molecule has 0 saturated carbocycles. The van der Waals surface area contributed by atoms with Gasteiger partial charge in [0.15, 0.2) is 10.0 Å². The van der Waals surface area contributed by atoms with Crippen LogP contribution in [0.25, 0.3) is 0 Å². The smallest absolute Gasteiger partial charge is 0.158 e. The van der Waals surface area contributed by atoms with Gasteiger partial charge in [-0.1, -0.05) is 25.4 Å². The molecule has 0 atom stereocenters. The summed E-state index contributed by atoms with van der Waals surface area (Å²) >= 11 is 7.45. The molecule has 0 radical (unpaired) electrons. The van der Waals surface area contributed by atoms with E-state index < -0.39 is 0 Å². The second-order valence-electron chi connectivity index (χ2n) is 2.60. The number of halogens is 1. The van der Waals surface area contributed by atoms with Gasteiger partial charge in [0.1, 0.15) is 0 Å². The van der Waals surface area contributed by atoms with Crippen LogP contribution in [0, 0.1) is 0 Å². The van der Waals surface area contributed by atoms with Crippen molar-refractivity contribution in [3.8, 4) is 0 Å². The minimum atomic E-state index is 0.568. The Morgan fingerprint density at radius 2 is 2.20 bits per heavy atom. The van der Waals surface area contributed by atoms with Crippen LogP contribution in [0.5, 0.6) is 0 Å². The molecule has 3 heteroatoms. The molecule has 1 rings (SSSR count). The lowest BCUT2D eigenvalue weighted by Crippen LogP contribution is -2.39. The second-order valence-corrected chi connectivity index (χ2v) is 4.29. The first kappa shape index (κ1) is 8.05. The van der Waals surface area contributed by atoms with Crippen LogP contribution < -0.4 is 5.73 Å². The van der Waals surface area contributed by atoms with Gasteiger partial charge < -0.3 is 5.73 Å². The molecule has 1 nitrogen and oxygen atoms in total. The van der Waals surface area contributed by atoms with E-state index in [9.17, 15) is 0 Å². The van der Waals surface area contributed by atoms with E-state index >= 15 is 0 Å². The Morgan fingerprint density at radius 3 is 2.40 bits per heavy atom. The van der Waals surface area contributed by atoms with Gasteiger partial charge in [-0.25, -0.2) is 0 Å². The molecule has 0 aliphatic heterocycles. The highest BCUT2D eigenvalue weighted by molar-refractivity contribution is 7.16. The van der Waals surface area contributed by atoms with Gasteiger partial charge in [0.2, 0.25) is 0 Å². The van der Waals surface area contributed by atoms with Crippen LogP contribution in [0.4, 0.5) is 5.69 Å². The van der Waals surface area contributed by atoms with Crippen LogP contribution in [0.1, 0.15) is 24.6 Å². The molecule has 1 aromatic heterocycles. The lowest BCUT2D eigenvalue weighted by molar-refractivity contribution is -0.254. The number of hydrogen-bond acceptors (Lipinski definition) is 1. The van der Waals surface area contributed by atoms with Crippen molar-refractivity contribution >= 4 is 28.6 Å². The molecule has 0 fully saturated rings. The second kappa shape index (κ2) is 2.91. The molecule has 0 spiro atoms. The molecule has 10 heavy (non-hydrogen) atoms. The van der Waals surface area contributed by atoms with Crippen molar-refractivity contribution in [3.63, 3.8) is 0 Å². The Bertz CT molecular complexity index is 210. The highest BCUT2D eigenvalue weighted by atomic mass is 35.5. The van der Waals surface area contributed by atoms with Crippen LogP contribution in [0.3, 0.4) is 0 Å². The number of hydrogen-bond donors (Lipinski definition) is 1. The Labute approximate surface area is 69.8 Å². The molecule has 3 N–H and O–H groups in total. The van der Waals surface area contributed by atoms with Crippen molar-refractivity contribution in [3.05, 3.63) is 15.3 Å². The highest BCUT2D eigenvalue weighted by Crippen LogP contribution is 2.32. The maximum atomic E-state index is 5.83.